The smallest absolute Gasteiger partial charge is 0.390 e. The van der Waals surface area contributed by atoms with Crippen molar-refractivity contribution in [3.63, 3.8) is 0 Å². The fourth-order valence-corrected chi connectivity index (χ4v) is 3.80. The molecule has 0 bridgehead atoms. The van der Waals surface area contributed by atoms with E-state index in [0.29, 0.717) is 11.7 Å². The monoisotopic (exact) mass is 672 g/mol. The Balaban J connectivity index is 0.00000150. The van der Waals surface area contributed by atoms with Crippen molar-refractivity contribution in [1.82, 2.24) is 4.67 Å². The van der Waals surface area contributed by atoms with E-state index < -0.39 is 6.09 Å². The van der Waals surface area contributed by atoms with E-state index in [9.17, 15) is 4.79 Å². The van der Waals surface area contributed by atoms with Crippen molar-refractivity contribution in [3.8, 4) is 0 Å². The molecule has 1 N–H and O–H groups in total. The number of rotatable bonds is 4. The zero-order chi connectivity index (χ0) is 18.6. The van der Waals surface area contributed by atoms with Gasteiger partial charge in [-0.1, -0.05) is 39.7 Å². The molecular formula is C20H22N3O3PUV-2. The second-order valence-electron chi connectivity index (χ2n) is 6.69. The molecular weight excluding hydrogens is 650 g/mol. The Morgan fingerprint density at radius 3 is 2.66 bits per heavy atom. The molecule has 3 atom stereocenters. The molecule has 9 heteroatoms. The van der Waals surface area contributed by atoms with Gasteiger partial charge in [0.15, 0.2) is 0 Å². The van der Waals surface area contributed by atoms with E-state index in [1.54, 1.807) is 12.1 Å². The first kappa shape index (κ1) is 24.8. The number of morpholine rings is 1. The number of anilines is 2. The first-order valence-corrected chi connectivity index (χ1v) is 9.50. The Hall–Kier alpha value is -0.504. The molecule has 0 saturated carbocycles. The minimum Gasteiger partial charge on any atom is -0.446 e. The number of ether oxygens (including phenoxy) is 2. The number of fused-ring (bicyclic) bond motifs is 1. The molecule has 0 aliphatic carbocycles. The van der Waals surface area contributed by atoms with E-state index in [0.717, 1.165) is 37.5 Å². The number of carbonyl (C=O) groups is 1. The second-order valence-corrected chi connectivity index (χ2v) is 7.35. The number of amides is 1. The van der Waals surface area contributed by atoms with E-state index in [-0.39, 0.29) is 62.4 Å². The SMILES string of the molecule is O=C(Nc1c[c-]c(N2CC3OCCN(P)C3C2)[c-]c1)OCc1ccccc1.[U].[V]. The molecule has 2 fully saturated rings. The first-order valence-electron chi connectivity index (χ1n) is 8.98. The number of hydrogen-bond donors (Lipinski definition) is 1. The van der Waals surface area contributed by atoms with Gasteiger partial charge in [-0.15, -0.1) is 0 Å². The summed E-state index contributed by atoms with van der Waals surface area (Å²) in [7, 11) is 2.80. The molecule has 29 heavy (non-hydrogen) atoms. The van der Waals surface area contributed by atoms with Gasteiger partial charge in [-0.3, -0.25) is 16.8 Å². The molecule has 2 aromatic carbocycles. The third-order valence-electron chi connectivity index (χ3n) is 4.85. The standard InChI is InChI=1S/C20H22N3O3P.U.V/c24-20(26-14-15-4-2-1-3-5-15)21-16-6-8-17(9-7-16)22-12-18-19(13-22)25-11-10-23(18)27;;/h1-7,18-19H,10-14,27H2,(H,21,24);;/q-2;;. The van der Waals surface area contributed by atoms with Crippen LogP contribution in [0, 0.1) is 43.2 Å². The van der Waals surface area contributed by atoms with Crippen LogP contribution in [0.15, 0.2) is 42.5 Å². The molecule has 0 spiro atoms. The van der Waals surface area contributed by atoms with Gasteiger partial charge in [-0.25, -0.2) is 10.5 Å². The summed E-state index contributed by atoms with van der Waals surface area (Å²) in [6.07, 6.45) is -0.281. The number of benzene rings is 2. The summed E-state index contributed by atoms with van der Waals surface area (Å²) in [4.78, 5) is 14.2. The van der Waals surface area contributed by atoms with Crippen LogP contribution in [0.1, 0.15) is 5.56 Å². The summed E-state index contributed by atoms with van der Waals surface area (Å²) in [5.74, 6) is 0. The van der Waals surface area contributed by atoms with Crippen molar-refractivity contribution < 1.29 is 63.9 Å². The maximum absolute atomic E-state index is 11.9. The number of hydrogen-bond acceptors (Lipinski definition) is 5. The van der Waals surface area contributed by atoms with Gasteiger partial charge in [0, 0.05) is 69.3 Å². The molecule has 4 rings (SSSR count). The van der Waals surface area contributed by atoms with E-state index in [1.165, 1.54) is 0 Å². The van der Waals surface area contributed by atoms with Crippen molar-refractivity contribution in [3.05, 3.63) is 60.2 Å². The Bertz CT molecular complexity index is 784. The summed E-state index contributed by atoms with van der Waals surface area (Å²) in [5, 5.41) is 2.71. The number of carbonyl (C=O) groups excluding carboxylic acids is 1. The zero-order valence-electron chi connectivity index (χ0n) is 15.9. The van der Waals surface area contributed by atoms with Gasteiger partial charge >= 0.3 is 6.09 Å². The van der Waals surface area contributed by atoms with Gasteiger partial charge in [-0.2, -0.15) is 5.69 Å². The Kier molecular flexibility index (Phi) is 10.1. The average Bonchev–Trinajstić information content (AvgIpc) is 3.14. The average molecular weight is 672 g/mol. The molecule has 2 aliphatic rings. The molecule has 1 radical (unpaired) electrons. The summed E-state index contributed by atoms with van der Waals surface area (Å²) in [5.41, 5.74) is 2.44. The third kappa shape index (κ3) is 6.49. The molecule has 2 aliphatic heterocycles. The molecule has 6 nitrogen and oxygen atoms in total. The minimum atomic E-state index is -0.493. The van der Waals surface area contributed by atoms with Crippen LogP contribution in [0.4, 0.5) is 16.2 Å². The molecule has 151 valence electrons. The molecule has 2 saturated heterocycles. The van der Waals surface area contributed by atoms with Crippen molar-refractivity contribution in [2.24, 2.45) is 0 Å². The molecule has 1 amide bonds. The van der Waals surface area contributed by atoms with E-state index in [4.69, 9.17) is 9.47 Å². The van der Waals surface area contributed by atoms with E-state index in [1.807, 2.05) is 30.3 Å². The minimum absolute atomic E-state index is 0. The Morgan fingerprint density at radius 2 is 1.97 bits per heavy atom. The van der Waals surface area contributed by atoms with Crippen LogP contribution >= 0.6 is 9.39 Å². The first-order chi connectivity index (χ1) is 13.2. The number of nitrogens with zero attached hydrogens (tertiary/aromatic N) is 2. The van der Waals surface area contributed by atoms with Crippen molar-refractivity contribution in [2.75, 3.05) is 36.5 Å². The fourth-order valence-electron chi connectivity index (χ4n) is 3.40. The largest absolute Gasteiger partial charge is 0.446 e. The van der Waals surface area contributed by atoms with E-state index in [2.05, 4.69) is 36.4 Å². The quantitative estimate of drug-likeness (QED) is 0.401. The maximum atomic E-state index is 11.9. The van der Waals surface area contributed by atoms with Crippen LogP contribution in [0.3, 0.4) is 0 Å². The van der Waals surface area contributed by atoms with Crippen LogP contribution < -0.4 is 10.2 Å². The van der Waals surface area contributed by atoms with Gasteiger partial charge in [0.1, 0.15) is 6.61 Å². The van der Waals surface area contributed by atoms with Crippen molar-refractivity contribution in [1.29, 1.82) is 0 Å². The van der Waals surface area contributed by atoms with Gasteiger partial charge in [0.05, 0.1) is 18.8 Å². The summed E-state index contributed by atoms with van der Waals surface area (Å²) >= 11 is 0. The Morgan fingerprint density at radius 1 is 1.24 bits per heavy atom. The van der Waals surface area contributed by atoms with Crippen molar-refractivity contribution in [2.45, 2.75) is 18.8 Å². The molecule has 0 aromatic heterocycles. The predicted octanol–water partition coefficient (Wildman–Crippen LogP) is 2.71. The predicted molar refractivity (Wildman–Crippen MR) is 107 cm³/mol. The van der Waals surface area contributed by atoms with Gasteiger partial charge in [0.2, 0.25) is 0 Å². The normalized spacial score (nSPS) is 20.8. The van der Waals surface area contributed by atoms with Crippen LogP contribution in [0.2, 0.25) is 0 Å². The van der Waals surface area contributed by atoms with Gasteiger partial charge < -0.3 is 31.8 Å². The van der Waals surface area contributed by atoms with Crippen LogP contribution in [0.25, 0.3) is 0 Å². The van der Waals surface area contributed by atoms with Crippen molar-refractivity contribution >= 4 is 26.9 Å². The molecule has 3 unspecified atom stereocenters. The zero-order valence-corrected chi connectivity index (χ0v) is 22.6. The van der Waals surface area contributed by atoms with Crippen LogP contribution in [0.5, 0.6) is 0 Å². The van der Waals surface area contributed by atoms with Gasteiger partial charge in [0.25, 0.3) is 0 Å². The van der Waals surface area contributed by atoms with Crippen LogP contribution in [-0.2, 0) is 34.6 Å². The van der Waals surface area contributed by atoms with Gasteiger partial charge in [-0.05, 0) is 5.56 Å². The second kappa shape index (κ2) is 11.8. The fraction of sp³-hybridized carbons (Fsp3) is 0.350. The summed E-state index contributed by atoms with van der Waals surface area (Å²) < 4.78 is 13.4. The Labute approximate surface area is 209 Å². The molecule has 2 aromatic rings. The maximum Gasteiger partial charge on any atom is 0.390 e. The topological polar surface area (TPSA) is 54.0 Å². The summed E-state index contributed by atoms with van der Waals surface area (Å²) in [6.45, 7) is 3.64. The number of nitrogens with one attached hydrogen (secondary N) is 1. The third-order valence-corrected chi connectivity index (χ3v) is 5.49. The van der Waals surface area contributed by atoms with E-state index >= 15 is 0 Å². The molecule has 2 heterocycles. The van der Waals surface area contributed by atoms with Crippen LogP contribution in [-0.4, -0.2) is 49.2 Å². The summed E-state index contributed by atoms with van der Waals surface area (Å²) in [6, 6.07) is 19.8.